The summed E-state index contributed by atoms with van der Waals surface area (Å²) in [5, 5.41) is 1.09. The van der Waals surface area contributed by atoms with E-state index in [1.807, 2.05) is 18.2 Å². The van der Waals surface area contributed by atoms with Crippen LogP contribution in [0.1, 0.15) is 56.7 Å². The van der Waals surface area contributed by atoms with Gasteiger partial charge in [0.05, 0.1) is 30.5 Å². The summed E-state index contributed by atoms with van der Waals surface area (Å²) < 4.78 is 12.3. The van der Waals surface area contributed by atoms with E-state index < -0.39 is 0 Å². The molecule has 0 bridgehead atoms. The van der Waals surface area contributed by atoms with Crippen LogP contribution < -0.4 is 10.5 Å². The molecule has 1 aromatic heterocycles. The van der Waals surface area contributed by atoms with Gasteiger partial charge in [-0.2, -0.15) is 0 Å². The first-order chi connectivity index (χ1) is 12.2. The average Bonchev–Trinajstić information content (AvgIpc) is 2.63. The van der Waals surface area contributed by atoms with Gasteiger partial charge in [0.1, 0.15) is 5.75 Å². The van der Waals surface area contributed by atoms with E-state index in [2.05, 4.69) is 19.9 Å². The normalized spacial score (nSPS) is 20.8. The highest BCUT2D eigenvalue weighted by Gasteiger charge is 2.20. The van der Waals surface area contributed by atoms with Crippen LogP contribution in [0.4, 0.5) is 0 Å². The Hall–Kier alpha value is -1.65. The Labute approximate surface area is 150 Å². The Morgan fingerprint density at radius 3 is 2.68 bits per heavy atom. The van der Waals surface area contributed by atoms with Crippen LogP contribution in [0.25, 0.3) is 10.9 Å². The second kappa shape index (κ2) is 8.63. The maximum absolute atomic E-state index is 6.15. The van der Waals surface area contributed by atoms with Gasteiger partial charge < -0.3 is 15.2 Å². The molecule has 0 saturated heterocycles. The van der Waals surface area contributed by atoms with E-state index in [4.69, 9.17) is 20.2 Å². The van der Waals surface area contributed by atoms with Crippen molar-refractivity contribution in [1.29, 1.82) is 0 Å². The monoisotopic (exact) mass is 342 g/mol. The molecule has 1 fully saturated rings. The third kappa shape index (κ3) is 4.50. The Kier molecular flexibility index (Phi) is 6.27. The molecule has 2 aromatic rings. The van der Waals surface area contributed by atoms with Gasteiger partial charge in [0.15, 0.2) is 0 Å². The number of ether oxygens (including phenoxy) is 2. The molecular formula is C21H30N2O2. The van der Waals surface area contributed by atoms with Crippen molar-refractivity contribution in [1.82, 2.24) is 4.98 Å². The molecule has 1 aliphatic carbocycles. The van der Waals surface area contributed by atoms with Gasteiger partial charge >= 0.3 is 0 Å². The van der Waals surface area contributed by atoms with E-state index in [0.717, 1.165) is 73.0 Å². The Balaban J connectivity index is 1.78. The number of fused-ring (bicyclic) bond motifs is 1. The van der Waals surface area contributed by atoms with Crippen LogP contribution in [0, 0.1) is 6.92 Å². The number of rotatable bonds is 7. The summed E-state index contributed by atoms with van der Waals surface area (Å²) in [5.74, 6) is 0.961. The molecule has 0 spiro atoms. The summed E-state index contributed by atoms with van der Waals surface area (Å²) in [7, 11) is 0. The lowest BCUT2D eigenvalue weighted by Crippen LogP contribution is -2.30. The molecule has 2 N–H and O–H groups in total. The second-order valence-corrected chi connectivity index (χ2v) is 7.08. The molecule has 3 rings (SSSR count). The van der Waals surface area contributed by atoms with Crippen molar-refractivity contribution in [3.05, 3.63) is 35.5 Å². The minimum absolute atomic E-state index is 0.303. The highest BCUT2D eigenvalue weighted by atomic mass is 16.5. The molecule has 0 atom stereocenters. The summed E-state index contributed by atoms with van der Waals surface area (Å²) in [6.07, 6.45) is 6.70. The van der Waals surface area contributed by atoms with Gasteiger partial charge in [0, 0.05) is 17.0 Å². The first-order valence-corrected chi connectivity index (χ1v) is 9.57. The zero-order valence-corrected chi connectivity index (χ0v) is 15.5. The first-order valence-electron chi connectivity index (χ1n) is 9.57. The Morgan fingerprint density at radius 2 is 1.92 bits per heavy atom. The van der Waals surface area contributed by atoms with Gasteiger partial charge in [0.25, 0.3) is 0 Å². The van der Waals surface area contributed by atoms with Crippen LogP contribution in [-0.4, -0.2) is 23.7 Å². The van der Waals surface area contributed by atoms with Gasteiger partial charge in [-0.05, 0) is 51.2 Å². The number of nitrogens with two attached hydrogens (primary N) is 1. The van der Waals surface area contributed by atoms with Crippen molar-refractivity contribution >= 4 is 10.9 Å². The van der Waals surface area contributed by atoms with E-state index >= 15 is 0 Å². The summed E-state index contributed by atoms with van der Waals surface area (Å²) in [6, 6.07) is 8.54. The van der Waals surface area contributed by atoms with Crippen LogP contribution in [0.15, 0.2) is 24.3 Å². The second-order valence-electron chi connectivity index (χ2n) is 7.08. The van der Waals surface area contributed by atoms with Gasteiger partial charge in [-0.25, -0.2) is 4.98 Å². The van der Waals surface area contributed by atoms with E-state index in [1.54, 1.807) is 0 Å². The van der Waals surface area contributed by atoms with E-state index in [1.165, 1.54) is 0 Å². The molecule has 0 amide bonds. The summed E-state index contributed by atoms with van der Waals surface area (Å²) >= 11 is 0. The number of para-hydroxylation sites is 1. The van der Waals surface area contributed by atoms with Crippen LogP contribution >= 0.6 is 0 Å². The molecule has 1 saturated carbocycles. The predicted molar refractivity (Wildman–Crippen MR) is 102 cm³/mol. The molecule has 1 aliphatic rings. The predicted octanol–water partition coefficient (Wildman–Crippen LogP) is 4.51. The third-order valence-electron chi connectivity index (χ3n) is 5.10. The molecule has 1 heterocycles. The lowest BCUT2D eigenvalue weighted by molar-refractivity contribution is 0.0120. The van der Waals surface area contributed by atoms with E-state index in [-0.39, 0.29) is 0 Å². The highest BCUT2D eigenvalue weighted by Crippen LogP contribution is 2.31. The summed E-state index contributed by atoms with van der Waals surface area (Å²) in [4.78, 5) is 4.83. The minimum Gasteiger partial charge on any atom is -0.493 e. The standard InChI is InChI=1S/C21H30N2O2/c1-3-4-13-24-21-15(2)20(23-19-8-6-5-7-18(19)21)14-25-17-11-9-16(22)10-12-17/h5-8,16-17H,3-4,9-14,22H2,1-2H3. The summed E-state index contributed by atoms with van der Waals surface area (Å²) in [6.45, 7) is 5.55. The number of nitrogens with zero attached hydrogens (tertiary/aromatic N) is 1. The Morgan fingerprint density at radius 1 is 1.16 bits per heavy atom. The van der Waals surface area contributed by atoms with Crippen molar-refractivity contribution in [2.24, 2.45) is 5.73 Å². The smallest absolute Gasteiger partial charge is 0.133 e. The largest absolute Gasteiger partial charge is 0.493 e. The van der Waals surface area contributed by atoms with Crippen molar-refractivity contribution in [2.75, 3.05) is 6.61 Å². The minimum atomic E-state index is 0.303. The molecule has 0 radical (unpaired) electrons. The van der Waals surface area contributed by atoms with Crippen LogP contribution in [0.2, 0.25) is 0 Å². The zero-order chi connectivity index (χ0) is 17.6. The van der Waals surface area contributed by atoms with Crippen molar-refractivity contribution in [3.63, 3.8) is 0 Å². The maximum atomic E-state index is 6.15. The number of hydrogen-bond acceptors (Lipinski definition) is 4. The number of benzene rings is 1. The fraction of sp³-hybridized carbons (Fsp3) is 0.571. The van der Waals surface area contributed by atoms with E-state index in [0.29, 0.717) is 18.8 Å². The SMILES string of the molecule is CCCCOc1c(C)c(COC2CCC(N)CC2)nc2ccccc12. The van der Waals surface area contributed by atoms with Gasteiger partial charge in [-0.1, -0.05) is 25.5 Å². The molecular weight excluding hydrogens is 312 g/mol. The van der Waals surface area contributed by atoms with Crippen LogP contribution in [-0.2, 0) is 11.3 Å². The fourth-order valence-electron chi connectivity index (χ4n) is 3.42. The molecule has 4 heteroatoms. The number of hydrogen-bond donors (Lipinski definition) is 1. The van der Waals surface area contributed by atoms with E-state index in [9.17, 15) is 0 Å². The lowest BCUT2D eigenvalue weighted by Gasteiger charge is -2.26. The third-order valence-corrected chi connectivity index (χ3v) is 5.10. The number of pyridine rings is 1. The van der Waals surface area contributed by atoms with Crippen LogP contribution in [0.5, 0.6) is 5.75 Å². The molecule has 4 nitrogen and oxygen atoms in total. The molecule has 1 aromatic carbocycles. The number of unbranched alkanes of at least 4 members (excludes halogenated alkanes) is 1. The first kappa shape index (κ1) is 18.2. The number of aromatic nitrogens is 1. The fourth-order valence-corrected chi connectivity index (χ4v) is 3.42. The van der Waals surface area contributed by atoms with Gasteiger partial charge in [-0.15, -0.1) is 0 Å². The van der Waals surface area contributed by atoms with Crippen LogP contribution in [0.3, 0.4) is 0 Å². The topological polar surface area (TPSA) is 57.4 Å². The molecule has 25 heavy (non-hydrogen) atoms. The van der Waals surface area contributed by atoms with Crippen molar-refractivity contribution in [3.8, 4) is 5.75 Å². The molecule has 0 aliphatic heterocycles. The zero-order valence-electron chi connectivity index (χ0n) is 15.5. The average molecular weight is 342 g/mol. The molecule has 136 valence electrons. The quantitative estimate of drug-likeness (QED) is 0.752. The van der Waals surface area contributed by atoms with Gasteiger partial charge in [-0.3, -0.25) is 0 Å². The highest BCUT2D eigenvalue weighted by molar-refractivity contribution is 5.86. The molecule has 0 unspecified atom stereocenters. The van der Waals surface area contributed by atoms with Crippen molar-refractivity contribution < 1.29 is 9.47 Å². The van der Waals surface area contributed by atoms with Crippen molar-refractivity contribution in [2.45, 2.75) is 71.1 Å². The van der Waals surface area contributed by atoms with Gasteiger partial charge in [0.2, 0.25) is 0 Å². The Bertz CT molecular complexity index is 694. The summed E-state index contributed by atoms with van der Waals surface area (Å²) in [5.41, 5.74) is 9.05. The lowest BCUT2D eigenvalue weighted by atomic mass is 9.94. The maximum Gasteiger partial charge on any atom is 0.133 e.